The largest absolute Gasteiger partial charge is 0.493 e. The summed E-state index contributed by atoms with van der Waals surface area (Å²) in [7, 11) is 1.87. The molecule has 3 rings (SSSR count). The lowest BCUT2D eigenvalue weighted by molar-refractivity contribution is -0.129. The highest BCUT2D eigenvalue weighted by atomic mass is 16.5. The van der Waals surface area contributed by atoms with Crippen LogP contribution in [0.4, 0.5) is 0 Å². The summed E-state index contributed by atoms with van der Waals surface area (Å²) < 4.78 is 5.88. The Morgan fingerprint density at radius 3 is 2.43 bits per heavy atom. The van der Waals surface area contributed by atoms with Gasteiger partial charge in [0.2, 0.25) is 5.91 Å². The predicted octanol–water partition coefficient (Wildman–Crippen LogP) is 3.40. The number of aliphatic hydroxyl groups excluding tert-OH is 1. The summed E-state index contributed by atoms with van der Waals surface area (Å²) in [6, 6.07) is 15.6. The monoisotopic (exact) mass is 509 g/mol. The summed E-state index contributed by atoms with van der Waals surface area (Å²) in [5.41, 5.74) is 2.68. The number of nitrogens with one attached hydrogen (secondary N) is 1. The van der Waals surface area contributed by atoms with E-state index in [9.17, 15) is 9.59 Å². The van der Waals surface area contributed by atoms with E-state index in [1.165, 1.54) is 0 Å². The number of carbonyl (C=O) groups excluding carboxylic acids is 2. The van der Waals surface area contributed by atoms with Crippen LogP contribution in [0.3, 0.4) is 0 Å². The van der Waals surface area contributed by atoms with Gasteiger partial charge in [-0.1, -0.05) is 43.3 Å². The molecule has 1 saturated heterocycles. The SMILES string of the molecule is CCc1ccc(C(=O)N(C[C@@H]2CNC[C@H]2CN(C)C(=O)Cc2ccccc2)C(C)C)cc1OCCCO. The van der Waals surface area contributed by atoms with Gasteiger partial charge in [0.25, 0.3) is 5.91 Å². The van der Waals surface area contributed by atoms with Crippen LogP contribution in [-0.2, 0) is 17.6 Å². The number of aliphatic hydroxyl groups is 1. The molecule has 37 heavy (non-hydrogen) atoms. The fourth-order valence-corrected chi connectivity index (χ4v) is 4.88. The van der Waals surface area contributed by atoms with Crippen molar-refractivity contribution in [2.45, 2.75) is 46.1 Å². The quantitative estimate of drug-likeness (QED) is 0.405. The number of hydrogen-bond donors (Lipinski definition) is 2. The third-order valence-corrected chi connectivity index (χ3v) is 7.18. The average Bonchev–Trinajstić information content (AvgIpc) is 3.33. The number of benzene rings is 2. The van der Waals surface area contributed by atoms with Crippen molar-refractivity contribution in [2.24, 2.45) is 11.8 Å². The Morgan fingerprint density at radius 2 is 1.78 bits per heavy atom. The van der Waals surface area contributed by atoms with E-state index in [4.69, 9.17) is 9.84 Å². The Labute approximate surface area is 221 Å². The summed E-state index contributed by atoms with van der Waals surface area (Å²) in [4.78, 5) is 30.2. The zero-order valence-corrected chi connectivity index (χ0v) is 22.8. The van der Waals surface area contributed by atoms with Gasteiger partial charge in [0.05, 0.1) is 13.0 Å². The van der Waals surface area contributed by atoms with Crippen molar-refractivity contribution >= 4 is 11.8 Å². The Hall–Kier alpha value is -2.90. The molecule has 0 bridgehead atoms. The molecule has 2 atom stereocenters. The molecule has 1 heterocycles. The molecule has 1 fully saturated rings. The first-order valence-corrected chi connectivity index (χ1v) is 13.5. The van der Waals surface area contributed by atoms with E-state index in [0.29, 0.717) is 43.9 Å². The van der Waals surface area contributed by atoms with Gasteiger partial charge in [0.15, 0.2) is 0 Å². The van der Waals surface area contributed by atoms with Gasteiger partial charge in [0.1, 0.15) is 5.75 Å². The van der Waals surface area contributed by atoms with Crippen LogP contribution in [0.1, 0.15) is 48.7 Å². The Morgan fingerprint density at radius 1 is 1.08 bits per heavy atom. The second-order valence-electron chi connectivity index (χ2n) is 10.3. The summed E-state index contributed by atoms with van der Waals surface area (Å²) in [6.45, 7) is 9.60. The molecule has 1 aliphatic heterocycles. The van der Waals surface area contributed by atoms with Gasteiger partial charge in [0, 0.05) is 57.9 Å². The molecular formula is C30H43N3O4. The molecule has 0 unspecified atom stereocenters. The van der Waals surface area contributed by atoms with Crippen molar-refractivity contribution in [1.82, 2.24) is 15.1 Å². The van der Waals surface area contributed by atoms with Crippen molar-refractivity contribution in [3.63, 3.8) is 0 Å². The topological polar surface area (TPSA) is 82.1 Å². The normalized spacial score (nSPS) is 17.1. The molecule has 2 amide bonds. The van der Waals surface area contributed by atoms with Gasteiger partial charge in [-0.2, -0.15) is 0 Å². The molecule has 0 radical (unpaired) electrons. The second-order valence-corrected chi connectivity index (χ2v) is 10.3. The minimum atomic E-state index is -0.0104. The summed E-state index contributed by atoms with van der Waals surface area (Å²) in [6.07, 6.45) is 1.76. The number of ether oxygens (including phenoxy) is 1. The summed E-state index contributed by atoms with van der Waals surface area (Å²) in [5.74, 6) is 1.35. The molecule has 7 nitrogen and oxygen atoms in total. The van der Waals surface area contributed by atoms with E-state index in [1.54, 1.807) is 0 Å². The van der Waals surface area contributed by atoms with Gasteiger partial charge in [-0.05, 0) is 55.4 Å². The first kappa shape index (κ1) is 28.7. The van der Waals surface area contributed by atoms with E-state index in [0.717, 1.165) is 30.6 Å². The van der Waals surface area contributed by atoms with Crippen molar-refractivity contribution in [2.75, 3.05) is 46.4 Å². The number of rotatable bonds is 13. The number of amides is 2. The smallest absolute Gasteiger partial charge is 0.254 e. The maximum atomic E-state index is 13.6. The molecule has 7 heteroatoms. The van der Waals surface area contributed by atoms with Gasteiger partial charge in [-0.15, -0.1) is 0 Å². The van der Waals surface area contributed by atoms with Crippen molar-refractivity contribution in [3.05, 3.63) is 65.2 Å². The Kier molecular flexibility index (Phi) is 11.0. The van der Waals surface area contributed by atoms with E-state index >= 15 is 0 Å². The van der Waals surface area contributed by atoms with Crippen LogP contribution >= 0.6 is 0 Å². The van der Waals surface area contributed by atoms with Crippen LogP contribution in [0, 0.1) is 11.8 Å². The first-order valence-electron chi connectivity index (χ1n) is 13.5. The van der Waals surface area contributed by atoms with E-state index in [2.05, 4.69) is 12.2 Å². The molecule has 0 aliphatic carbocycles. The Bertz CT molecular complexity index is 1010. The molecule has 2 aromatic carbocycles. The van der Waals surface area contributed by atoms with E-state index in [1.807, 2.05) is 79.2 Å². The third kappa shape index (κ3) is 8.04. The highest BCUT2D eigenvalue weighted by Gasteiger charge is 2.33. The number of hydrogen-bond acceptors (Lipinski definition) is 5. The van der Waals surface area contributed by atoms with Crippen LogP contribution in [0.25, 0.3) is 0 Å². The second kappa shape index (κ2) is 14.1. The van der Waals surface area contributed by atoms with Crippen molar-refractivity contribution in [3.8, 4) is 5.75 Å². The minimum Gasteiger partial charge on any atom is -0.493 e. The molecule has 2 N–H and O–H groups in total. The lowest BCUT2D eigenvalue weighted by atomic mass is 9.93. The number of likely N-dealkylation sites (N-methyl/N-ethyl adjacent to an activating group) is 1. The maximum Gasteiger partial charge on any atom is 0.254 e. The highest BCUT2D eigenvalue weighted by Crippen LogP contribution is 2.25. The van der Waals surface area contributed by atoms with Crippen molar-refractivity contribution < 1.29 is 19.4 Å². The highest BCUT2D eigenvalue weighted by molar-refractivity contribution is 5.95. The van der Waals surface area contributed by atoms with Gasteiger partial charge < -0.3 is 25.0 Å². The maximum absolute atomic E-state index is 13.6. The average molecular weight is 510 g/mol. The fourth-order valence-electron chi connectivity index (χ4n) is 4.88. The van der Waals surface area contributed by atoms with Gasteiger partial charge in [-0.3, -0.25) is 9.59 Å². The molecule has 202 valence electrons. The van der Waals surface area contributed by atoms with Gasteiger partial charge in [-0.25, -0.2) is 0 Å². The molecule has 0 aromatic heterocycles. The van der Waals surface area contributed by atoms with Crippen LogP contribution in [0.2, 0.25) is 0 Å². The first-order chi connectivity index (χ1) is 17.8. The van der Waals surface area contributed by atoms with Crippen LogP contribution in [0.5, 0.6) is 5.75 Å². The number of carbonyl (C=O) groups is 2. The number of aryl methyl sites for hydroxylation is 1. The predicted molar refractivity (Wildman–Crippen MR) is 147 cm³/mol. The van der Waals surface area contributed by atoms with E-state index in [-0.39, 0.29) is 36.3 Å². The summed E-state index contributed by atoms with van der Waals surface area (Å²) in [5, 5.41) is 12.6. The van der Waals surface area contributed by atoms with Crippen molar-refractivity contribution in [1.29, 1.82) is 0 Å². The molecule has 0 saturated carbocycles. The van der Waals surface area contributed by atoms with Crippen LogP contribution in [0.15, 0.2) is 48.5 Å². The van der Waals surface area contributed by atoms with Crippen LogP contribution < -0.4 is 10.1 Å². The van der Waals surface area contributed by atoms with Crippen LogP contribution in [-0.4, -0.2) is 79.2 Å². The zero-order valence-electron chi connectivity index (χ0n) is 22.8. The standard InChI is InChI=1S/C30H43N3O4/c1-5-24-12-13-25(17-28(24)37-15-9-14-34)30(36)33(22(2)3)21-27-19-31-18-26(27)20-32(4)29(35)16-23-10-7-6-8-11-23/h6-8,10-13,17,22,26-27,31,34H,5,9,14-16,18-21H2,1-4H3/t26-,27-/m0/s1. The minimum absolute atomic E-state index is 0.0104. The Balaban J connectivity index is 1.66. The lowest BCUT2D eigenvalue weighted by Crippen LogP contribution is -2.44. The molecule has 2 aromatic rings. The molecular weight excluding hydrogens is 466 g/mol. The van der Waals surface area contributed by atoms with Gasteiger partial charge >= 0.3 is 0 Å². The molecule has 1 aliphatic rings. The summed E-state index contributed by atoms with van der Waals surface area (Å²) >= 11 is 0. The zero-order chi connectivity index (χ0) is 26.8. The number of nitrogens with zero attached hydrogens (tertiary/aromatic N) is 2. The lowest BCUT2D eigenvalue weighted by Gasteiger charge is -2.33. The third-order valence-electron chi connectivity index (χ3n) is 7.18. The fraction of sp³-hybridized carbons (Fsp3) is 0.533. The molecule has 0 spiro atoms. The van der Waals surface area contributed by atoms with E-state index < -0.39 is 0 Å².